The first-order valence-electron chi connectivity index (χ1n) is 2.95. The molecule has 0 aliphatic carbocycles. The summed E-state index contributed by atoms with van der Waals surface area (Å²) < 4.78 is 0. The first-order valence-corrected chi connectivity index (χ1v) is 2.95. The molecule has 2 N–H and O–H groups in total. The van der Waals surface area contributed by atoms with Crippen LogP contribution in [0.3, 0.4) is 0 Å². The highest BCUT2D eigenvalue weighted by molar-refractivity contribution is 5.61. The third-order valence-electron chi connectivity index (χ3n) is 1.26. The zero-order chi connectivity index (χ0) is 9.14. The number of hydrogen-bond donors (Lipinski definition) is 1. The number of nitrogen functional groups attached to an aromatic ring is 1. The van der Waals surface area contributed by atoms with Crippen molar-refractivity contribution >= 4 is 11.5 Å². The van der Waals surface area contributed by atoms with Gasteiger partial charge in [-0.05, 0) is 6.07 Å². The summed E-state index contributed by atoms with van der Waals surface area (Å²) in [4.78, 5) is 13.1. The Kier molecular flexibility index (Phi) is 1.88. The molecule has 12 heavy (non-hydrogen) atoms. The molecule has 0 aliphatic heterocycles. The van der Waals surface area contributed by atoms with Crippen LogP contribution in [0.5, 0.6) is 0 Å². The lowest BCUT2D eigenvalue weighted by Gasteiger charge is -1.95. The Balaban J connectivity index is 3.42. The molecule has 0 saturated carbocycles. The number of nitro groups is 1. The molecular formula is C6H4N4O2. The van der Waals surface area contributed by atoms with Crippen LogP contribution in [0, 0.1) is 21.4 Å². The van der Waals surface area contributed by atoms with E-state index in [2.05, 4.69) is 4.98 Å². The minimum Gasteiger partial charge on any atom is -0.378 e. The van der Waals surface area contributed by atoms with Gasteiger partial charge in [0.05, 0.1) is 4.92 Å². The maximum Gasteiger partial charge on any atom is 0.328 e. The zero-order valence-electron chi connectivity index (χ0n) is 5.89. The van der Waals surface area contributed by atoms with E-state index < -0.39 is 10.6 Å². The van der Waals surface area contributed by atoms with Crippen LogP contribution in [0.1, 0.15) is 5.56 Å². The summed E-state index contributed by atoms with van der Waals surface area (Å²) in [7, 11) is 0. The van der Waals surface area contributed by atoms with E-state index in [0.717, 1.165) is 0 Å². The molecule has 60 valence electrons. The van der Waals surface area contributed by atoms with Crippen molar-refractivity contribution in [2.45, 2.75) is 0 Å². The second-order valence-electron chi connectivity index (χ2n) is 1.96. The summed E-state index contributed by atoms with van der Waals surface area (Å²) in [6.07, 6.45) is 1.25. The highest BCUT2D eigenvalue weighted by Crippen LogP contribution is 2.22. The molecule has 0 aromatic carbocycles. The standard InChI is InChI=1S/C6H4N4O2/c7-3-4-1-2-9-6(8)5(4)10(11)12/h1-2H,(H2,8,9). The average Bonchev–Trinajstić information content (AvgIpc) is 2.03. The van der Waals surface area contributed by atoms with Gasteiger partial charge in [0, 0.05) is 6.20 Å². The van der Waals surface area contributed by atoms with Crippen LogP contribution in [-0.4, -0.2) is 9.91 Å². The van der Waals surface area contributed by atoms with E-state index in [9.17, 15) is 10.1 Å². The molecule has 0 spiro atoms. The van der Waals surface area contributed by atoms with Crippen LogP contribution >= 0.6 is 0 Å². The van der Waals surface area contributed by atoms with Crippen molar-refractivity contribution in [2.75, 3.05) is 5.73 Å². The first-order chi connectivity index (χ1) is 5.66. The molecule has 1 aromatic heterocycles. The molecule has 0 unspecified atom stereocenters. The maximum absolute atomic E-state index is 10.3. The minimum atomic E-state index is -0.721. The van der Waals surface area contributed by atoms with Gasteiger partial charge in [0.1, 0.15) is 11.6 Å². The van der Waals surface area contributed by atoms with Crippen LogP contribution in [0.2, 0.25) is 0 Å². The van der Waals surface area contributed by atoms with Crippen molar-refractivity contribution in [1.29, 1.82) is 5.26 Å². The molecule has 0 bridgehead atoms. The quantitative estimate of drug-likeness (QED) is 0.478. The molecular weight excluding hydrogens is 160 g/mol. The Hall–Kier alpha value is -2.16. The molecule has 0 saturated heterocycles. The molecule has 6 heteroatoms. The number of anilines is 1. The number of rotatable bonds is 1. The maximum atomic E-state index is 10.3. The first kappa shape index (κ1) is 7.94. The number of pyridine rings is 1. The van der Waals surface area contributed by atoms with Crippen molar-refractivity contribution < 1.29 is 4.92 Å². The lowest BCUT2D eigenvalue weighted by atomic mass is 10.2. The second kappa shape index (κ2) is 2.84. The van der Waals surface area contributed by atoms with Gasteiger partial charge in [-0.2, -0.15) is 5.26 Å². The van der Waals surface area contributed by atoms with Gasteiger partial charge in [-0.1, -0.05) is 0 Å². The molecule has 6 nitrogen and oxygen atoms in total. The third kappa shape index (κ3) is 1.15. The summed E-state index contributed by atoms with van der Waals surface area (Å²) in [5, 5.41) is 18.8. The average molecular weight is 164 g/mol. The highest BCUT2D eigenvalue weighted by Gasteiger charge is 2.18. The van der Waals surface area contributed by atoms with E-state index in [-0.39, 0.29) is 11.4 Å². The number of hydrogen-bond acceptors (Lipinski definition) is 5. The van der Waals surface area contributed by atoms with E-state index in [1.54, 1.807) is 6.07 Å². The fraction of sp³-hybridized carbons (Fsp3) is 0. The lowest BCUT2D eigenvalue weighted by molar-refractivity contribution is -0.384. The van der Waals surface area contributed by atoms with E-state index in [0.29, 0.717) is 0 Å². The van der Waals surface area contributed by atoms with Gasteiger partial charge >= 0.3 is 5.69 Å². The third-order valence-corrected chi connectivity index (χ3v) is 1.26. The SMILES string of the molecule is N#Cc1ccnc(N)c1[N+](=O)[O-]. The Morgan fingerprint density at radius 2 is 2.42 bits per heavy atom. The minimum absolute atomic E-state index is 0.0764. The number of aromatic nitrogens is 1. The van der Waals surface area contributed by atoms with Gasteiger partial charge in [0.2, 0.25) is 5.82 Å². The smallest absolute Gasteiger partial charge is 0.328 e. The van der Waals surface area contributed by atoms with Crippen LogP contribution in [0.15, 0.2) is 12.3 Å². The molecule has 0 fully saturated rings. The molecule has 0 aliphatic rings. The fourth-order valence-electron chi connectivity index (χ4n) is 0.752. The van der Waals surface area contributed by atoms with Crippen LogP contribution < -0.4 is 5.73 Å². The van der Waals surface area contributed by atoms with Gasteiger partial charge < -0.3 is 5.73 Å². The van der Waals surface area contributed by atoms with Crippen molar-refractivity contribution in [1.82, 2.24) is 4.98 Å². The highest BCUT2D eigenvalue weighted by atomic mass is 16.6. The fourth-order valence-corrected chi connectivity index (χ4v) is 0.752. The summed E-state index contributed by atoms with van der Waals surface area (Å²) in [6, 6.07) is 2.90. The molecule has 0 atom stereocenters. The number of nitriles is 1. The van der Waals surface area contributed by atoms with E-state index in [4.69, 9.17) is 11.0 Å². The Morgan fingerprint density at radius 3 is 2.83 bits per heavy atom. The molecule has 1 rings (SSSR count). The van der Waals surface area contributed by atoms with E-state index in [1.165, 1.54) is 12.3 Å². The Labute approximate surface area is 67.4 Å². The van der Waals surface area contributed by atoms with Crippen molar-refractivity contribution in [2.24, 2.45) is 0 Å². The largest absolute Gasteiger partial charge is 0.378 e. The zero-order valence-corrected chi connectivity index (χ0v) is 5.89. The van der Waals surface area contributed by atoms with E-state index >= 15 is 0 Å². The van der Waals surface area contributed by atoms with Gasteiger partial charge in [0.25, 0.3) is 0 Å². The van der Waals surface area contributed by atoms with Gasteiger partial charge in [-0.3, -0.25) is 10.1 Å². The second-order valence-corrected chi connectivity index (χ2v) is 1.96. The summed E-state index contributed by atoms with van der Waals surface area (Å²) in [5.41, 5.74) is 4.69. The topological polar surface area (TPSA) is 106 Å². The van der Waals surface area contributed by atoms with Crippen LogP contribution in [0.4, 0.5) is 11.5 Å². The Bertz CT molecular complexity index is 368. The number of nitrogens with two attached hydrogens (primary N) is 1. The molecule has 0 radical (unpaired) electrons. The van der Waals surface area contributed by atoms with Gasteiger partial charge in [-0.25, -0.2) is 4.98 Å². The molecule has 1 aromatic rings. The number of nitrogens with zero attached hydrogens (tertiary/aromatic N) is 3. The summed E-state index contributed by atoms with van der Waals surface area (Å²) in [5.74, 6) is -0.237. The normalized spacial score (nSPS) is 8.92. The van der Waals surface area contributed by atoms with Crippen LogP contribution in [0.25, 0.3) is 0 Å². The van der Waals surface area contributed by atoms with Crippen LogP contribution in [-0.2, 0) is 0 Å². The monoisotopic (exact) mass is 164 g/mol. The Morgan fingerprint density at radius 1 is 1.75 bits per heavy atom. The van der Waals surface area contributed by atoms with Crippen molar-refractivity contribution in [3.05, 3.63) is 27.9 Å². The van der Waals surface area contributed by atoms with Gasteiger partial charge in [0.15, 0.2) is 0 Å². The van der Waals surface area contributed by atoms with E-state index in [1.807, 2.05) is 0 Å². The van der Waals surface area contributed by atoms with Crippen molar-refractivity contribution in [3.8, 4) is 6.07 Å². The summed E-state index contributed by atoms with van der Waals surface area (Å²) in [6.45, 7) is 0. The lowest BCUT2D eigenvalue weighted by Crippen LogP contribution is -2.00. The summed E-state index contributed by atoms with van der Waals surface area (Å²) >= 11 is 0. The predicted octanol–water partition coefficient (Wildman–Crippen LogP) is 0.444. The molecule has 1 heterocycles. The van der Waals surface area contributed by atoms with Gasteiger partial charge in [-0.15, -0.1) is 0 Å². The molecule has 0 amide bonds. The van der Waals surface area contributed by atoms with Crippen molar-refractivity contribution in [3.63, 3.8) is 0 Å². The predicted molar refractivity (Wildman–Crippen MR) is 40.0 cm³/mol.